The van der Waals surface area contributed by atoms with Gasteiger partial charge in [-0.25, -0.2) is 0 Å². The molecule has 1 aromatic rings. The molecule has 0 saturated carbocycles. The fraction of sp³-hybridized carbons (Fsp3) is 0.333. The molecule has 3 N–H and O–H groups in total. The highest BCUT2D eigenvalue weighted by Crippen LogP contribution is 2.16. The molecule has 1 atom stereocenters. The Balaban J connectivity index is 2.78. The fourth-order valence-electron chi connectivity index (χ4n) is 1.03. The average Bonchev–Trinajstić information content (AvgIpc) is 1.93. The van der Waals surface area contributed by atoms with Crippen molar-refractivity contribution in [3.8, 4) is 5.75 Å². The molecule has 0 radical (unpaired) electrons. The van der Waals surface area contributed by atoms with Crippen LogP contribution in [0.15, 0.2) is 24.3 Å². The van der Waals surface area contributed by atoms with E-state index in [1.54, 1.807) is 12.1 Å². The van der Waals surface area contributed by atoms with Crippen LogP contribution in [0.2, 0.25) is 0 Å². The molecular formula is C9H13NO. The number of phenolic OH excluding ortho intramolecular Hbond substituents is 1. The predicted octanol–water partition coefficient (Wildman–Crippen LogP) is 1.28. The molecule has 0 heterocycles. The van der Waals surface area contributed by atoms with E-state index in [4.69, 9.17) is 5.73 Å². The van der Waals surface area contributed by atoms with Gasteiger partial charge < -0.3 is 10.8 Å². The van der Waals surface area contributed by atoms with E-state index in [1.165, 1.54) is 0 Å². The molecule has 2 nitrogen and oxygen atoms in total. The number of phenols is 1. The Bertz CT molecular complexity index is 233. The highest BCUT2D eigenvalue weighted by atomic mass is 16.3. The maximum atomic E-state index is 9.30. The van der Waals surface area contributed by atoms with E-state index in [0.29, 0.717) is 5.75 Å². The van der Waals surface area contributed by atoms with E-state index < -0.39 is 0 Å². The molecule has 0 aliphatic rings. The molecule has 2 heteroatoms. The molecule has 11 heavy (non-hydrogen) atoms. The van der Waals surface area contributed by atoms with Gasteiger partial charge in [0.2, 0.25) is 0 Å². The van der Waals surface area contributed by atoms with Crippen LogP contribution in [0.1, 0.15) is 12.5 Å². The third-order valence-corrected chi connectivity index (χ3v) is 1.53. The zero-order valence-electron chi connectivity index (χ0n) is 6.62. The number of hydrogen-bond donors (Lipinski definition) is 2. The summed E-state index contributed by atoms with van der Waals surface area (Å²) in [5, 5.41) is 9.30. The second-order valence-corrected chi connectivity index (χ2v) is 2.81. The minimum Gasteiger partial charge on any atom is -0.508 e. The molecule has 0 saturated heterocycles. The van der Waals surface area contributed by atoms with E-state index in [-0.39, 0.29) is 6.04 Å². The molecule has 0 aliphatic heterocycles. The van der Waals surface area contributed by atoms with Crippen molar-refractivity contribution in [3.05, 3.63) is 29.8 Å². The van der Waals surface area contributed by atoms with E-state index in [2.05, 4.69) is 0 Å². The molecule has 1 aromatic carbocycles. The second-order valence-electron chi connectivity index (χ2n) is 2.81. The first-order valence-electron chi connectivity index (χ1n) is 3.72. The molecule has 1 unspecified atom stereocenters. The predicted molar refractivity (Wildman–Crippen MR) is 45.5 cm³/mol. The Hall–Kier alpha value is -1.02. The lowest BCUT2D eigenvalue weighted by Crippen LogP contribution is -2.17. The van der Waals surface area contributed by atoms with Crippen molar-refractivity contribution < 1.29 is 5.11 Å². The summed E-state index contributed by atoms with van der Waals surface area (Å²) in [5.41, 5.74) is 6.50. The Kier molecular flexibility index (Phi) is 2.49. The van der Waals surface area contributed by atoms with Crippen LogP contribution in [0.5, 0.6) is 5.75 Å². The largest absolute Gasteiger partial charge is 0.508 e. The third kappa shape index (κ3) is 2.24. The molecule has 0 amide bonds. The normalized spacial score (nSPS) is 12.9. The quantitative estimate of drug-likeness (QED) is 0.668. The smallest absolute Gasteiger partial charge is 0.118 e. The molecule has 60 valence electrons. The van der Waals surface area contributed by atoms with Crippen molar-refractivity contribution in [3.63, 3.8) is 0 Å². The van der Waals surface area contributed by atoms with Crippen molar-refractivity contribution in [1.29, 1.82) is 0 Å². The fourth-order valence-corrected chi connectivity index (χ4v) is 1.03. The highest BCUT2D eigenvalue weighted by Gasteiger charge is 2.01. The maximum absolute atomic E-state index is 9.30. The van der Waals surface area contributed by atoms with E-state index in [0.717, 1.165) is 12.0 Å². The van der Waals surface area contributed by atoms with E-state index >= 15 is 0 Å². The van der Waals surface area contributed by atoms with Gasteiger partial charge in [-0.1, -0.05) is 18.2 Å². The number of nitrogens with two attached hydrogens (primary N) is 1. The topological polar surface area (TPSA) is 46.2 Å². The first kappa shape index (κ1) is 8.08. The minimum absolute atomic E-state index is 0.100. The summed E-state index contributed by atoms with van der Waals surface area (Å²) in [5.74, 6) is 0.338. The molecule has 0 bridgehead atoms. The maximum Gasteiger partial charge on any atom is 0.118 e. The number of rotatable bonds is 2. The SMILES string of the molecule is CC(N)Cc1ccccc1O. The summed E-state index contributed by atoms with van der Waals surface area (Å²) in [6.07, 6.45) is 0.729. The van der Waals surface area contributed by atoms with Crippen LogP contribution in [0.3, 0.4) is 0 Å². The Morgan fingerprint density at radius 3 is 2.64 bits per heavy atom. The van der Waals surface area contributed by atoms with Gasteiger partial charge in [0, 0.05) is 6.04 Å². The number of para-hydroxylation sites is 1. The van der Waals surface area contributed by atoms with Crippen LogP contribution < -0.4 is 5.73 Å². The number of hydrogen-bond acceptors (Lipinski definition) is 2. The van der Waals surface area contributed by atoms with Gasteiger partial charge in [-0.3, -0.25) is 0 Å². The van der Waals surface area contributed by atoms with Crippen LogP contribution in [-0.4, -0.2) is 11.1 Å². The average molecular weight is 151 g/mol. The molecular weight excluding hydrogens is 138 g/mol. The van der Waals surface area contributed by atoms with Crippen LogP contribution >= 0.6 is 0 Å². The summed E-state index contributed by atoms with van der Waals surface area (Å²) >= 11 is 0. The molecule has 0 spiro atoms. The third-order valence-electron chi connectivity index (χ3n) is 1.53. The Morgan fingerprint density at radius 1 is 1.45 bits per heavy atom. The van der Waals surface area contributed by atoms with Crippen LogP contribution in [0.4, 0.5) is 0 Å². The molecule has 0 aromatic heterocycles. The van der Waals surface area contributed by atoms with Crippen LogP contribution in [0, 0.1) is 0 Å². The van der Waals surface area contributed by atoms with Crippen molar-refractivity contribution in [1.82, 2.24) is 0 Å². The summed E-state index contributed by atoms with van der Waals surface area (Å²) in [6.45, 7) is 1.92. The number of benzene rings is 1. The summed E-state index contributed by atoms with van der Waals surface area (Å²) in [4.78, 5) is 0. The standard InChI is InChI=1S/C9H13NO/c1-7(10)6-8-4-2-3-5-9(8)11/h2-5,7,11H,6,10H2,1H3. The van der Waals surface area contributed by atoms with E-state index in [9.17, 15) is 5.11 Å². The molecule has 0 fully saturated rings. The summed E-state index contributed by atoms with van der Waals surface area (Å²) in [7, 11) is 0. The Morgan fingerprint density at radius 2 is 2.09 bits per heavy atom. The lowest BCUT2D eigenvalue weighted by Gasteiger charge is -2.05. The highest BCUT2D eigenvalue weighted by molar-refractivity contribution is 5.32. The van der Waals surface area contributed by atoms with Crippen molar-refractivity contribution >= 4 is 0 Å². The van der Waals surface area contributed by atoms with Gasteiger partial charge in [-0.05, 0) is 25.0 Å². The zero-order valence-corrected chi connectivity index (χ0v) is 6.62. The summed E-state index contributed by atoms with van der Waals surface area (Å²) < 4.78 is 0. The van der Waals surface area contributed by atoms with Gasteiger partial charge in [0.05, 0.1) is 0 Å². The lowest BCUT2D eigenvalue weighted by atomic mass is 10.1. The summed E-state index contributed by atoms with van der Waals surface area (Å²) in [6, 6.07) is 7.37. The first-order valence-corrected chi connectivity index (χ1v) is 3.72. The van der Waals surface area contributed by atoms with Gasteiger partial charge in [0.1, 0.15) is 5.75 Å². The van der Waals surface area contributed by atoms with E-state index in [1.807, 2.05) is 19.1 Å². The van der Waals surface area contributed by atoms with Crippen molar-refractivity contribution in [2.75, 3.05) is 0 Å². The monoisotopic (exact) mass is 151 g/mol. The van der Waals surface area contributed by atoms with Gasteiger partial charge in [-0.2, -0.15) is 0 Å². The van der Waals surface area contributed by atoms with Crippen molar-refractivity contribution in [2.45, 2.75) is 19.4 Å². The zero-order chi connectivity index (χ0) is 8.27. The van der Waals surface area contributed by atoms with Gasteiger partial charge >= 0.3 is 0 Å². The Labute approximate surface area is 66.7 Å². The minimum atomic E-state index is 0.100. The van der Waals surface area contributed by atoms with Gasteiger partial charge in [-0.15, -0.1) is 0 Å². The van der Waals surface area contributed by atoms with Gasteiger partial charge in [0.25, 0.3) is 0 Å². The second kappa shape index (κ2) is 3.39. The lowest BCUT2D eigenvalue weighted by molar-refractivity contribution is 0.465. The molecule has 0 aliphatic carbocycles. The number of aromatic hydroxyl groups is 1. The van der Waals surface area contributed by atoms with Gasteiger partial charge in [0.15, 0.2) is 0 Å². The van der Waals surface area contributed by atoms with Crippen molar-refractivity contribution in [2.24, 2.45) is 5.73 Å². The molecule has 1 rings (SSSR count). The van der Waals surface area contributed by atoms with Crippen LogP contribution in [-0.2, 0) is 6.42 Å². The first-order chi connectivity index (χ1) is 5.20. The van der Waals surface area contributed by atoms with Crippen LogP contribution in [0.25, 0.3) is 0 Å².